The van der Waals surface area contributed by atoms with Gasteiger partial charge in [0.15, 0.2) is 5.58 Å². The molecule has 2 aromatic carbocycles. The molecule has 5 nitrogen and oxygen atoms in total. The van der Waals surface area contributed by atoms with E-state index in [0.717, 1.165) is 6.07 Å². The van der Waals surface area contributed by atoms with Gasteiger partial charge in [-0.05, 0) is 30.2 Å². The molecule has 0 saturated carbocycles. The zero-order valence-corrected chi connectivity index (χ0v) is 15.2. The second-order valence-electron chi connectivity index (χ2n) is 6.50. The number of benzene rings is 2. The first-order valence-electron chi connectivity index (χ1n) is 8.75. The Kier molecular flexibility index (Phi) is 5.58. The van der Waals surface area contributed by atoms with Crippen molar-refractivity contribution < 1.29 is 22.4 Å². The molecule has 0 aliphatic carbocycles. The van der Waals surface area contributed by atoms with Crippen LogP contribution in [0.2, 0.25) is 0 Å². The van der Waals surface area contributed by atoms with Crippen LogP contribution in [0.4, 0.5) is 13.2 Å². The predicted molar refractivity (Wildman–Crippen MR) is 97.6 cm³/mol. The van der Waals surface area contributed by atoms with Gasteiger partial charge in [-0.2, -0.15) is 13.2 Å². The Hall–Kier alpha value is -3.03. The fourth-order valence-corrected chi connectivity index (χ4v) is 3.08. The summed E-state index contributed by atoms with van der Waals surface area (Å²) in [5.74, 6) is -0.793. The van der Waals surface area contributed by atoms with Crippen molar-refractivity contribution in [2.45, 2.75) is 32.1 Å². The summed E-state index contributed by atoms with van der Waals surface area (Å²) in [6.45, 7) is 0.150. The van der Waals surface area contributed by atoms with Crippen molar-refractivity contribution in [2.75, 3.05) is 7.05 Å². The van der Waals surface area contributed by atoms with Crippen molar-refractivity contribution >= 4 is 17.0 Å². The summed E-state index contributed by atoms with van der Waals surface area (Å²) in [5, 5.41) is 0. The van der Waals surface area contributed by atoms with Crippen molar-refractivity contribution in [3.05, 3.63) is 70.2 Å². The second-order valence-corrected chi connectivity index (χ2v) is 6.50. The topological polar surface area (TPSA) is 55.5 Å². The maximum atomic E-state index is 13.1. The fourth-order valence-electron chi connectivity index (χ4n) is 3.08. The van der Waals surface area contributed by atoms with Crippen LogP contribution in [0.5, 0.6) is 0 Å². The van der Waals surface area contributed by atoms with Gasteiger partial charge in [0.1, 0.15) is 0 Å². The largest absolute Gasteiger partial charge is 0.419 e. The number of oxazole rings is 1. The average Bonchev–Trinajstić information content (AvgIpc) is 2.96. The number of rotatable bonds is 6. The molecule has 0 bridgehead atoms. The van der Waals surface area contributed by atoms with E-state index in [4.69, 9.17) is 4.42 Å². The van der Waals surface area contributed by atoms with E-state index in [2.05, 4.69) is 0 Å². The number of hydrogen-bond donors (Lipinski definition) is 0. The first-order valence-corrected chi connectivity index (χ1v) is 8.75. The number of para-hydroxylation sites is 2. The molecule has 0 aliphatic heterocycles. The maximum Gasteiger partial charge on any atom is 0.419 e. The average molecular weight is 392 g/mol. The number of hydrogen-bond acceptors (Lipinski definition) is 3. The van der Waals surface area contributed by atoms with E-state index in [9.17, 15) is 22.8 Å². The van der Waals surface area contributed by atoms with Crippen LogP contribution in [0.3, 0.4) is 0 Å². The van der Waals surface area contributed by atoms with E-state index >= 15 is 0 Å². The molecule has 28 heavy (non-hydrogen) atoms. The van der Waals surface area contributed by atoms with Crippen LogP contribution in [0.15, 0.2) is 57.7 Å². The molecular formula is C20H19F3N2O3. The lowest BCUT2D eigenvalue weighted by atomic mass is 10.1. The maximum absolute atomic E-state index is 13.1. The van der Waals surface area contributed by atoms with Crippen LogP contribution in [0, 0.1) is 0 Å². The molecule has 1 heterocycles. The number of amides is 1. The molecule has 3 aromatic rings. The summed E-state index contributed by atoms with van der Waals surface area (Å²) in [6.07, 6.45) is -3.99. The van der Waals surface area contributed by atoms with Crippen LogP contribution >= 0.6 is 0 Å². The van der Waals surface area contributed by atoms with Crippen molar-refractivity contribution in [3.8, 4) is 0 Å². The number of alkyl halides is 3. The Morgan fingerprint density at radius 2 is 1.79 bits per heavy atom. The van der Waals surface area contributed by atoms with Crippen LogP contribution in [-0.4, -0.2) is 22.4 Å². The van der Waals surface area contributed by atoms with Crippen molar-refractivity contribution in [1.29, 1.82) is 0 Å². The van der Waals surface area contributed by atoms with Gasteiger partial charge < -0.3 is 9.32 Å². The third kappa shape index (κ3) is 4.27. The summed E-state index contributed by atoms with van der Waals surface area (Å²) in [6, 6.07) is 12.2. The number of aromatic nitrogens is 1. The van der Waals surface area contributed by atoms with Crippen LogP contribution in [0.25, 0.3) is 11.1 Å². The van der Waals surface area contributed by atoms with Crippen LogP contribution in [0.1, 0.15) is 24.0 Å². The van der Waals surface area contributed by atoms with E-state index in [-0.39, 0.29) is 31.0 Å². The van der Waals surface area contributed by atoms with Gasteiger partial charge in [-0.15, -0.1) is 0 Å². The van der Waals surface area contributed by atoms with Gasteiger partial charge >= 0.3 is 11.9 Å². The SMILES string of the molecule is CN(Cc1ccccc1C(F)(F)F)C(=O)CCCn1c(=O)oc2ccccc21. The predicted octanol–water partition coefficient (Wildman–Crippen LogP) is 4.05. The van der Waals surface area contributed by atoms with Gasteiger partial charge in [-0.1, -0.05) is 30.3 Å². The van der Waals surface area contributed by atoms with E-state index in [1.807, 2.05) is 0 Å². The molecule has 0 N–H and O–H groups in total. The number of carbonyl (C=O) groups excluding carboxylic acids is 1. The van der Waals surface area contributed by atoms with Gasteiger partial charge in [-0.3, -0.25) is 9.36 Å². The smallest absolute Gasteiger partial charge is 0.408 e. The Balaban J connectivity index is 1.61. The first-order chi connectivity index (χ1) is 13.3. The van der Waals surface area contributed by atoms with Gasteiger partial charge in [0.25, 0.3) is 0 Å². The quantitative estimate of drug-likeness (QED) is 0.636. The van der Waals surface area contributed by atoms with Gasteiger partial charge in [0, 0.05) is 26.6 Å². The number of halogens is 3. The molecule has 0 radical (unpaired) electrons. The van der Waals surface area contributed by atoms with E-state index in [1.54, 1.807) is 24.3 Å². The molecule has 1 aromatic heterocycles. The monoisotopic (exact) mass is 392 g/mol. The first kappa shape index (κ1) is 19.7. The van der Waals surface area contributed by atoms with Gasteiger partial charge in [0.05, 0.1) is 11.1 Å². The normalized spacial score (nSPS) is 11.7. The third-order valence-electron chi connectivity index (χ3n) is 4.50. The van der Waals surface area contributed by atoms with Gasteiger partial charge in [0.2, 0.25) is 5.91 Å². The highest BCUT2D eigenvalue weighted by Gasteiger charge is 2.33. The zero-order valence-electron chi connectivity index (χ0n) is 15.2. The fraction of sp³-hybridized carbons (Fsp3) is 0.300. The molecule has 148 valence electrons. The standard InChI is InChI=1S/C20H19F3N2O3/c1-24(13-14-7-2-3-8-15(14)20(21,22)23)18(26)11-6-12-25-16-9-4-5-10-17(16)28-19(25)27/h2-5,7-10H,6,11-13H2,1H3. The summed E-state index contributed by atoms with van der Waals surface area (Å²) in [7, 11) is 1.47. The van der Waals surface area contributed by atoms with Crippen LogP contribution in [-0.2, 0) is 24.1 Å². The Bertz CT molecular complexity index is 1040. The van der Waals surface area contributed by atoms with E-state index < -0.39 is 17.5 Å². The summed E-state index contributed by atoms with van der Waals surface area (Å²) >= 11 is 0. The number of nitrogens with zero attached hydrogens (tertiary/aromatic N) is 2. The molecule has 3 rings (SSSR count). The highest BCUT2D eigenvalue weighted by molar-refractivity contribution is 5.76. The van der Waals surface area contributed by atoms with Gasteiger partial charge in [-0.25, -0.2) is 4.79 Å². The minimum atomic E-state index is -4.47. The number of carbonyl (C=O) groups is 1. The highest BCUT2D eigenvalue weighted by atomic mass is 19.4. The molecular weight excluding hydrogens is 373 g/mol. The second kappa shape index (κ2) is 7.92. The molecule has 1 amide bonds. The van der Waals surface area contributed by atoms with Crippen molar-refractivity contribution in [2.24, 2.45) is 0 Å². The Morgan fingerprint density at radius 1 is 1.11 bits per heavy atom. The van der Waals surface area contributed by atoms with E-state index in [1.165, 1.54) is 34.7 Å². The summed E-state index contributed by atoms with van der Waals surface area (Å²) in [5.41, 5.74) is 0.418. The lowest BCUT2D eigenvalue weighted by Gasteiger charge is -2.20. The van der Waals surface area contributed by atoms with E-state index in [0.29, 0.717) is 17.5 Å². The molecule has 0 saturated heterocycles. The summed E-state index contributed by atoms with van der Waals surface area (Å²) < 4.78 is 45.8. The molecule has 0 atom stereocenters. The molecule has 0 unspecified atom stereocenters. The molecule has 0 aliphatic rings. The lowest BCUT2D eigenvalue weighted by Crippen LogP contribution is -2.27. The Morgan fingerprint density at radius 3 is 2.54 bits per heavy atom. The highest BCUT2D eigenvalue weighted by Crippen LogP contribution is 2.32. The van der Waals surface area contributed by atoms with Crippen molar-refractivity contribution in [1.82, 2.24) is 9.47 Å². The number of aryl methyl sites for hydroxylation is 1. The van der Waals surface area contributed by atoms with Crippen LogP contribution < -0.4 is 5.76 Å². The molecule has 8 heteroatoms. The molecule has 0 spiro atoms. The minimum absolute atomic E-state index is 0.0444. The Labute approximate surface area is 159 Å². The number of fused-ring (bicyclic) bond motifs is 1. The third-order valence-corrected chi connectivity index (χ3v) is 4.50. The lowest BCUT2D eigenvalue weighted by molar-refractivity contribution is -0.139. The van der Waals surface area contributed by atoms with Crippen molar-refractivity contribution in [3.63, 3.8) is 0 Å². The zero-order chi connectivity index (χ0) is 20.3. The summed E-state index contributed by atoms with van der Waals surface area (Å²) in [4.78, 5) is 25.5. The minimum Gasteiger partial charge on any atom is -0.408 e. The molecule has 0 fully saturated rings.